The molecule has 0 aliphatic carbocycles. The van der Waals surface area contributed by atoms with Crippen molar-refractivity contribution in [3.8, 4) is 0 Å². The lowest BCUT2D eigenvalue weighted by molar-refractivity contribution is -0.120. The molecule has 0 saturated carbocycles. The minimum absolute atomic E-state index is 0.0190. The zero-order valence-corrected chi connectivity index (χ0v) is 11.7. The summed E-state index contributed by atoms with van der Waals surface area (Å²) in [7, 11) is 0. The van der Waals surface area contributed by atoms with Gasteiger partial charge in [0, 0.05) is 26.1 Å². The van der Waals surface area contributed by atoms with Crippen LogP contribution in [-0.4, -0.2) is 60.4 Å². The average Bonchev–Trinajstić information content (AvgIpc) is 2.26. The predicted octanol–water partition coefficient (Wildman–Crippen LogP) is 0.373. The lowest BCUT2D eigenvalue weighted by atomic mass is 10.1. The molecule has 1 aliphatic heterocycles. The Labute approximate surface area is 109 Å². The maximum absolute atomic E-state index is 11.0. The van der Waals surface area contributed by atoms with Crippen molar-refractivity contribution in [3.63, 3.8) is 0 Å². The number of carbonyl (C=O) groups excluding carboxylic acids is 1. The molecule has 5 nitrogen and oxygen atoms in total. The molecule has 18 heavy (non-hydrogen) atoms. The first-order chi connectivity index (χ1) is 8.47. The van der Waals surface area contributed by atoms with Crippen molar-refractivity contribution in [2.24, 2.45) is 0 Å². The second-order valence-electron chi connectivity index (χ2n) is 5.34. The molecule has 2 unspecified atom stereocenters. The molecule has 5 heteroatoms. The molecular weight excluding hydrogens is 232 g/mol. The van der Waals surface area contributed by atoms with Gasteiger partial charge in [0.15, 0.2) is 0 Å². The van der Waals surface area contributed by atoms with Crippen LogP contribution in [0.3, 0.4) is 0 Å². The van der Waals surface area contributed by atoms with E-state index in [1.807, 2.05) is 13.8 Å². The number of ether oxygens (including phenoxy) is 1. The lowest BCUT2D eigenvalue weighted by Crippen LogP contribution is -2.49. The van der Waals surface area contributed by atoms with Gasteiger partial charge >= 0.3 is 0 Å². The molecule has 0 aromatic rings. The molecule has 106 valence electrons. The summed E-state index contributed by atoms with van der Waals surface area (Å²) in [4.78, 5) is 13.2. The van der Waals surface area contributed by atoms with E-state index in [0.29, 0.717) is 13.2 Å². The number of aliphatic hydroxyl groups is 1. The summed E-state index contributed by atoms with van der Waals surface area (Å²) in [6, 6.07) is 0.217. The molecule has 0 radical (unpaired) electrons. The Balaban J connectivity index is 2.26. The molecule has 0 spiro atoms. The summed E-state index contributed by atoms with van der Waals surface area (Å²) in [6.07, 6.45) is 1.77. The molecule has 1 amide bonds. The van der Waals surface area contributed by atoms with E-state index in [0.717, 1.165) is 25.9 Å². The number of nitrogens with zero attached hydrogens (tertiary/aromatic N) is 1. The van der Waals surface area contributed by atoms with Crippen LogP contribution in [0.2, 0.25) is 0 Å². The van der Waals surface area contributed by atoms with Crippen LogP contribution >= 0.6 is 0 Å². The van der Waals surface area contributed by atoms with Crippen LogP contribution in [-0.2, 0) is 9.53 Å². The van der Waals surface area contributed by atoms with Crippen molar-refractivity contribution < 1.29 is 14.6 Å². The van der Waals surface area contributed by atoms with Crippen LogP contribution in [0.5, 0.6) is 0 Å². The molecule has 1 saturated heterocycles. The second kappa shape index (κ2) is 7.71. The van der Waals surface area contributed by atoms with E-state index < -0.39 is 6.10 Å². The molecule has 0 bridgehead atoms. The quantitative estimate of drug-likeness (QED) is 0.723. The maximum atomic E-state index is 11.0. The summed E-state index contributed by atoms with van der Waals surface area (Å²) in [5.41, 5.74) is 0. The third-order valence-electron chi connectivity index (χ3n) is 3.00. The molecule has 1 aliphatic rings. The van der Waals surface area contributed by atoms with E-state index in [1.165, 1.54) is 0 Å². The fraction of sp³-hybridized carbons (Fsp3) is 0.923. The number of nitrogens with one attached hydrogen (secondary N) is 1. The molecular formula is C13H26N2O3. The van der Waals surface area contributed by atoms with Crippen molar-refractivity contribution in [1.29, 1.82) is 0 Å². The molecule has 2 atom stereocenters. The van der Waals surface area contributed by atoms with Gasteiger partial charge < -0.3 is 15.2 Å². The van der Waals surface area contributed by atoms with E-state index in [2.05, 4.69) is 10.2 Å². The molecule has 0 aromatic heterocycles. The van der Waals surface area contributed by atoms with Crippen LogP contribution in [0.15, 0.2) is 0 Å². The molecule has 1 heterocycles. The normalized spacial score (nSPS) is 23.1. The van der Waals surface area contributed by atoms with Gasteiger partial charge in [-0.2, -0.15) is 0 Å². The van der Waals surface area contributed by atoms with Crippen molar-refractivity contribution in [1.82, 2.24) is 10.2 Å². The average molecular weight is 258 g/mol. The predicted molar refractivity (Wildman–Crippen MR) is 70.4 cm³/mol. The van der Waals surface area contributed by atoms with Gasteiger partial charge in [-0.25, -0.2) is 0 Å². The largest absolute Gasteiger partial charge is 0.389 e. The molecule has 0 aromatic carbocycles. The van der Waals surface area contributed by atoms with Crippen molar-refractivity contribution in [2.45, 2.75) is 51.9 Å². The Morgan fingerprint density at radius 1 is 1.56 bits per heavy atom. The maximum Gasteiger partial charge on any atom is 0.217 e. The Morgan fingerprint density at radius 3 is 2.89 bits per heavy atom. The van der Waals surface area contributed by atoms with Crippen molar-refractivity contribution in [2.75, 3.05) is 26.2 Å². The monoisotopic (exact) mass is 258 g/mol. The summed E-state index contributed by atoms with van der Waals surface area (Å²) < 4.78 is 5.39. The summed E-state index contributed by atoms with van der Waals surface area (Å²) in [5.74, 6) is 0.0190. The van der Waals surface area contributed by atoms with Crippen LogP contribution in [0, 0.1) is 0 Å². The Bertz CT molecular complexity index is 259. The SMILES string of the molecule is CC(=O)NC1CCCN(CC(O)COC(C)C)C1. The summed E-state index contributed by atoms with van der Waals surface area (Å²) >= 11 is 0. The fourth-order valence-electron chi connectivity index (χ4n) is 2.28. The first kappa shape index (κ1) is 15.4. The van der Waals surface area contributed by atoms with Crippen LogP contribution in [0.4, 0.5) is 0 Å². The molecule has 1 rings (SSSR count). The van der Waals surface area contributed by atoms with Crippen LogP contribution < -0.4 is 5.32 Å². The van der Waals surface area contributed by atoms with Gasteiger partial charge in [-0.15, -0.1) is 0 Å². The minimum Gasteiger partial charge on any atom is -0.389 e. The second-order valence-corrected chi connectivity index (χ2v) is 5.34. The number of piperidine rings is 1. The number of hydrogen-bond donors (Lipinski definition) is 2. The lowest BCUT2D eigenvalue weighted by Gasteiger charge is -2.34. The highest BCUT2D eigenvalue weighted by Gasteiger charge is 2.22. The number of amides is 1. The van der Waals surface area contributed by atoms with Crippen molar-refractivity contribution >= 4 is 5.91 Å². The summed E-state index contributed by atoms with van der Waals surface area (Å²) in [6.45, 7) is 8.25. The van der Waals surface area contributed by atoms with Gasteiger partial charge in [0.1, 0.15) is 0 Å². The topological polar surface area (TPSA) is 61.8 Å². The number of rotatable bonds is 6. The van der Waals surface area contributed by atoms with Crippen LogP contribution in [0.25, 0.3) is 0 Å². The Kier molecular flexibility index (Phi) is 6.60. The number of hydrogen-bond acceptors (Lipinski definition) is 4. The highest BCUT2D eigenvalue weighted by atomic mass is 16.5. The van der Waals surface area contributed by atoms with Gasteiger partial charge in [0.2, 0.25) is 5.91 Å². The van der Waals surface area contributed by atoms with Crippen LogP contribution in [0.1, 0.15) is 33.6 Å². The Hall–Kier alpha value is -0.650. The molecule has 1 fully saturated rings. The van der Waals surface area contributed by atoms with Gasteiger partial charge in [-0.1, -0.05) is 0 Å². The fourth-order valence-corrected chi connectivity index (χ4v) is 2.28. The van der Waals surface area contributed by atoms with Crippen molar-refractivity contribution in [3.05, 3.63) is 0 Å². The van der Waals surface area contributed by atoms with Gasteiger partial charge in [0.05, 0.1) is 18.8 Å². The first-order valence-corrected chi connectivity index (χ1v) is 6.76. The van der Waals surface area contributed by atoms with Gasteiger partial charge in [-0.05, 0) is 33.2 Å². The third kappa shape index (κ3) is 6.33. The number of β-amino-alcohol motifs (C(OH)–C–C–N with tert-alkyl or cyclic N) is 1. The highest BCUT2D eigenvalue weighted by molar-refractivity contribution is 5.73. The van der Waals surface area contributed by atoms with E-state index in [4.69, 9.17) is 4.74 Å². The van der Waals surface area contributed by atoms with E-state index in [1.54, 1.807) is 6.92 Å². The van der Waals surface area contributed by atoms with Gasteiger partial charge in [0.25, 0.3) is 0 Å². The van der Waals surface area contributed by atoms with E-state index >= 15 is 0 Å². The Morgan fingerprint density at radius 2 is 2.28 bits per heavy atom. The number of likely N-dealkylation sites (tertiary alicyclic amines) is 1. The highest BCUT2D eigenvalue weighted by Crippen LogP contribution is 2.10. The van der Waals surface area contributed by atoms with E-state index in [9.17, 15) is 9.90 Å². The third-order valence-corrected chi connectivity index (χ3v) is 3.00. The number of aliphatic hydroxyl groups excluding tert-OH is 1. The standard InChI is InChI=1S/C13H26N2O3/c1-10(2)18-9-13(17)8-15-6-4-5-12(7-15)14-11(3)16/h10,12-13,17H,4-9H2,1-3H3,(H,14,16). The van der Waals surface area contributed by atoms with Gasteiger partial charge in [-0.3, -0.25) is 9.69 Å². The minimum atomic E-state index is -0.455. The zero-order chi connectivity index (χ0) is 13.5. The summed E-state index contributed by atoms with van der Waals surface area (Å²) in [5, 5.41) is 12.8. The zero-order valence-electron chi connectivity index (χ0n) is 11.7. The van der Waals surface area contributed by atoms with E-state index in [-0.39, 0.29) is 18.1 Å². The smallest absolute Gasteiger partial charge is 0.217 e. The molecule has 2 N–H and O–H groups in total. The first-order valence-electron chi connectivity index (χ1n) is 6.76. The number of carbonyl (C=O) groups is 1.